The molecule has 16 heavy (non-hydrogen) atoms. The zero-order chi connectivity index (χ0) is 11.8. The van der Waals surface area contributed by atoms with E-state index in [0.29, 0.717) is 32.8 Å². The number of hydrogen-bond acceptors (Lipinski definition) is 4. The third-order valence-electron chi connectivity index (χ3n) is 2.80. The Bertz CT molecular complexity index is 205. The number of rotatable bonds is 6. The smallest absolute Gasteiger partial charge is 0.236 e. The summed E-state index contributed by atoms with van der Waals surface area (Å²) in [6.45, 7) is 7.00. The van der Waals surface area contributed by atoms with E-state index in [4.69, 9.17) is 9.84 Å². The van der Waals surface area contributed by atoms with Crippen molar-refractivity contribution in [1.29, 1.82) is 0 Å². The third-order valence-corrected chi connectivity index (χ3v) is 2.80. The first-order valence-corrected chi connectivity index (χ1v) is 5.96. The molecule has 0 unspecified atom stereocenters. The average molecular weight is 230 g/mol. The van der Waals surface area contributed by atoms with Crippen LogP contribution in [-0.4, -0.2) is 73.4 Å². The van der Waals surface area contributed by atoms with E-state index >= 15 is 0 Å². The van der Waals surface area contributed by atoms with Gasteiger partial charge in [0.25, 0.3) is 0 Å². The molecule has 0 aromatic carbocycles. The third kappa shape index (κ3) is 4.47. The SMILES string of the molecule is CCN(CCCO)CC(=O)N1CCOCC1. The van der Waals surface area contributed by atoms with Crippen LogP contribution in [0.3, 0.4) is 0 Å². The fraction of sp³-hybridized carbons (Fsp3) is 0.909. The van der Waals surface area contributed by atoms with Crippen molar-refractivity contribution in [2.24, 2.45) is 0 Å². The highest BCUT2D eigenvalue weighted by molar-refractivity contribution is 5.78. The summed E-state index contributed by atoms with van der Waals surface area (Å²) < 4.78 is 5.21. The highest BCUT2D eigenvalue weighted by Gasteiger charge is 2.18. The van der Waals surface area contributed by atoms with Gasteiger partial charge in [-0.05, 0) is 13.0 Å². The zero-order valence-electron chi connectivity index (χ0n) is 10.0. The van der Waals surface area contributed by atoms with E-state index in [-0.39, 0.29) is 12.5 Å². The lowest BCUT2D eigenvalue weighted by Gasteiger charge is -2.29. The number of carbonyl (C=O) groups excluding carboxylic acids is 1. The van der Waals surface area contributed by atoms with Gasteiger partial charge in [-0.2, -0.15) is 0 Å². The number of hydrogen-bond donors (Lipinski definition) is 1. The van der Waals surface area contributed by atoms with Crippen LogP contribution in [0.1, 0.15) is 13.3 Å². The van der Waals surface area contributed by atoms with Crippen molar-refractivity contribution in [2.75, 3.05) is 52.5 Å². The monoisotopic (exact) mass is 230 g/mol. The van der Waals surface area contributed by atoms with Crippen LogP contribution < -0.4 is 0 Å². The van der Waals surface area contributed by atoms with Crippen LogP contribution in [0.15, 0.2) is 0 Å². The minimum absolute atomic E-state index is 0.170. The van der Waals surface area contributed by atoms with E-state index < -0.39 is 0 Å². The van der Waals surface area contributed by atoms with Crippen molar-refractivity contribution in [3.63, 3.8) is 0 Å². The lowest BCUT2D eigenvalue weighted by Crippen LogP contribution is -2.46. The number of aliphatic hydroxyl groups is 1. The summed E-state index contributed by atoms with van der Waals surface area (Å²) in [4.78, 5) is 15.8. The van der Waals surface area contributed by atoms with Gasteiger partial charge in [0.2, 0.25) is 5.91 Å². The largest absolute Gasteiger partial charge is 0.396 e. The Labute approximate surface area is 97.0 Å². The van der Waals surface area contributed by atoms with E-state index in [1.165, 1.54) is 0 Å². The Morgan fingerprint density at radius 3 is 2.69 bits per heavy atom. The number of aliphatic hydroxyl groups excluding tert-OH is 1. The molecular weight excluding hydrogens is 208 g/mol. The summed E-state index contributed by atoms with van der Waals surface area (Å²) in [6.07, 6.45) is 0.726. The highest BCUT2D eigenvalue weighted by atomic mass is 16.5. The van der Waals surface area contributed by atoms with Gasteiger partial charge in [-0.1, -0.05) is 6.92 Å². The van der Waals surface area contributed by atoms with Crippen LogP contribution in [0.2, 0.25) is 0 Å². The number of ether oxygens (including phenoxy) is 1. The summed E-state index contributed by atoms with van der Waals surface area (Å²) in [7, 11) is 0. The molecule has 1 saturated heterocycles. The van der Waals surface area contributed by atoms with Crippen LogP contribution in [0.25, 0.3) is 0 Å². The van der Waals surface area contributed by atoms with Crippen LogP contribution in [0.4, 0.5) is 0 Å². The molecular formula is C11H22N2O3. The van der Waals surface area contributed by atoms with Crippen LogP contribution >= 0.6 is 0 Å². The van der Waals surface area contributed by atoms with Crippen LogP contribution in [0, 0.1) is 0 Å². The molecule has 0 aliphatic carbocycles. The highest BCUT2D eigenvalue weighted by Crippen LogP contribution is 2.00. The predicted molar refractivity (Wildman–Crippen MR) is 61.2 cm³/mol. The Balaban J connectivity index is 2.29. The summed E-state index contributed by atoms with van der Waals surface area (Å²) in [5, 5.41) is 8.75. The van der Waals surface area contributed by atoms with Gasteiger partial charge >= 0.3 is 0 Å². The summed E-state index contributed by atoms with van der Waals surface area (Å²) >= 11 is 0. The lowest BCUT2D eigenvalue weighted by atomic mass is 10.3. The number of nitrogens with zero attached hydrogens (tertiary/aromatic N) is 2. The van der Waals surface area contributed by atoms with Crippen molar-refractivity contribution in [2.45, 2.75) is 13.3 Å². The lowest BCUT2D eigenvalue weighted by molar-refractivity contribution is -0.136. The summed E-state index contributed by atoms with van der Waals surface area (Å²) in [6, 6.07) is 0. The van der Waals surface area contributed by atoms with Crippen molar-refractivity contribution in [1.82, 2.24) is 9.80 Å². The second-order valence-electron chi connectivity index (χ2n) is 3.94. The van der Waals surface area contributed by atoms with Gasteiger partial charge in [0.15, 0.2) is 0 Å². The molecule has 0 bridgehead atoms. The predicted octanol–water partition coefficient (Wildman–Crippen LogP) is -0.450. The molecule has 1 aliphatic rings. The summed E-state index contributed by atoms with van der Waals surface area (Å²) in [5.41, 5.74) is 0. The molecule has 0 aromatic heterocycles. The molecule has 94 valence electrons. The minimum atomic E-state index is 0.170. The number of morpholine rings is 1. The second kappa shape index (κ2) is 7.60. The molecule has 1 rings (SSSR count). The average Bonchev–Trinajstić information content (AvgIpc) is 2.35. The first-order valence-electron chi connectivity index (χ1n) is 5.96. The quantitative estimate of drug-likeness (QED) is 0.671. The number of amides is 1. The molecule has 1 N–H and O–H groups in total. The Morgan fingerprint density at radius 2 is 2.12 bits per heavy atom. The number of carbonyl (C=O) groups is 1. The van der Waals surface area contributed by atoms with E-state index in [9.17, 15) is 4.79 Å². The minimum Gasteiger partial charge on any atom is -0.396 e. The first kappa shape index (κ1) is 13.4. The molecule has 1 amide bonds. The van der Waals surface area contributed by atoms with Gasteiger partial charge in [0, 0.05) is 26.2 Å². The molecule has 5 heteroatoms. The van der Waals surface area contributed by atoms with Crippen LogP contribution in [-0.2, 0) is 9.53 Å². The van der Waals surface area contributed by atoms with Crippen LogP contribution in [0.5, 0.6) is 0 Å². The first-order chi connectivity index (χ1) is 7.77. The Morgan fingerprint density at radius 1 is 1.44 bits per heavy atom. The topological polar surface area (TPSA) is 53.0 Å². The van der Waals surface area contributed by atoms with Crippen molar-refractivity contribution < 1.29 is 14.6 Å². The van der Waals surface area contributed by atoms with Crippen molar-refractivity contribution in [3.05, 3.63) is 0 Å². The van der Waals surface area contributed by atoms with Gasteiger partial charge in [-0.15, -0.1) is 0 Å². The molecule has 0 spiro atoms. The van der Waals surface area contributed by atoms with E-state index in [2.05, 4.69) is 4.90 Å². The van der Waals surface area contributed by atoms with Gasteiger partial charge in [0.1, 0.15) is 0 Å². The van der Waals surface area contributed by atoms with E-state index in [0.717, 1.165) is 19.5 Å². The standard InChI is InChI=1S/C11H22N2O3/c1-2-12(4-3-7-14)10-11(15)13-5-8-16-9-6-13/h14H,2-10H2,1H3. The normalized spacial score (nSPS) is 16.8. The van der Waals surface area contributed by atoms with Crippen molar-refractivity contribution in [3.8, 4) is 0 Å². The maximum Gasteiger partial charge on any atom is 0.236 e. The molecule has 1 fully saturated rings. The van der Waals surface area contributed by atoms with E-state index in [1.807, 2.05) is 11.8 Å². The molecule has 0 atom stereocenters. The van der Waals surface area contributed by atoms with Crippen molar-refractivity contribution >= 4 is 5.91 Å². The zero-order valence-corrected chi connectivity index (χ0v) is 10.0. The Kier molecular flexibility index (Phi) is 6.37. The molecule has 0 saturated carbocycles. The molecule has 0 radical (unpaired) electrons. The van der Waals surface area contributed by atoms with E-state index in [1.54, 1.807) is 0 Å². The van der Waals surface area contributed by atoms with Gasteiger partial charge in [-0.3, -0.25) is 9.69 Å². The molecule has 5 nitrogen and oxygen atoms in total. The second-order valence-corrected chi connectivity index (χ2v) is 3.94. The maximum atomic E-state index is 11.9. The fourth-order valence-corrected chi connectivity index (χ4v) is 1.75. The summed E-state index contributed by atoms with van der Waals surface area (Å²) in [5.74, 6) is 0.170. The molecule has 1 heterocycles. The molecule has 1 aliphatic heterocycles. The van der Waals surface area contributed by atoms with Gasteiger partial charge in [0.05, 0.1) is 19.8 Å². The molecule has 0 aromatic rings. The maximum absolute atomic E-state index is 11.9. The van der Waals surface area contributed by atoms with Gasteiger partial charge in [-0.25, -0.2) is 0 Å². The number of likely N-dealkylation sites (N-methyl/N-ethyl adjacent to an activating group) is 1. The van der Waals surface area contributed by atoms with Gasteiger partial charge < -0.3 is 14.7 Å². The fourth-order valence-electron chi connectivity index (χ4n) is 1.75. The Hall–Kier alpha value is -0.650.